The SMILES string of the molecule is CCCCOC[C@H](NC(=O)COCCOCCN)C(=O)NNC(=O)[C@H](CC(N)=O)NC(=O)N[C@H](C(=O)O)C(C)OCCCC. The molecule has 0 fully saturated rings. The lowest BCUT2D eigenvalue weighted by molar-refractivity contribution is -0.143. The van der Waals surface area contributed by atoms with Gasteiger partial charge in [0.15, 0.2) is 6.04 Å². The lowest BCUT2D eigenvalue weighted by Gasteiger charge is -2.24. The molecule has 0 aliphatic heterocycles. The van der Waals surface area contributed by atoms with Gasteiger partial charge >= 0.3 is 12.0 Å². The van der Waals surface area contributed by atoms with Gasteiger partial charge < -0.3 is 51.5 Å². The zero-order chi connectivity index (χ0) is 33.3. The Kier molecular flexibility index (Phi) is 22.8. The summed E-state index contributed by atoms with van der Waals surface area (Å²) in [5, 5.41) is 16.3. The van der Waals surface area contributed by atoms with Crippen molar-refractivity contribution in [2.75, 3.05) is 52.8 Å². The van der Waals surface area contributed by atoms with E-state index in [1.54, 1.807) is 0 Å². The van der Waals surface area contributed by atoms with Crippen LogP contribution >= 0.6 is 0 Å². The second kappa shape index (κ2) is 24.8. The fourth-order valence-corrected chi connectivity index (χ4v) is 3.27. The zero-order valence-electron chi connectivity index (χ0n) is 25.7. The minimum absolute atomic E-state index is 0.118. The van der Waals surface area contributed by atoms with Crippen molar-refractivity contribution in [3.8, 4) is 0 Å². The molecular weight excluding hydrogens is 586 g/mol. The van der Waals surface area contributed by atoms with Gasteiger partial charge in [-0.25, -0.2) is 9.59 Å². The Bertz CT molecular complexity index is 894. The molecule has 0 radical (unpaired) electrons. The summed E-state index contributed by atoms with van der Waals surface area (Å²) in [5.41, 5.74) is 14.7. The highest BCUT2D eigenvalue weighted by Crippen LogP contribution is 2.03. The summed E-state index contributed by atoms with van der Waals surface area (Å²) in [4.78, 5) is 73.6. The predicted molar refractivity (Wildman–Crippen MR) is 156 cm³/mol. The van der Waals surface area contributed by atoms with Crippen molar-refractivity contribution in [2.45, 2.75) is 77.1 Å². The third-order valence-electron chi connectivity index (χ3n) is 5.68. The van der Waals surface area contributed by atoms with Gasteiger partial charge in [0.1, 0.15) is 18.7 Å². The molecule has 0 aromatic carbocycles. The second-order valence-corrected chi connectivity index (χ2v) is 9.57. The standard InChI is InChI=1S/C26H49N7O11/c1-4-6-9-42-15-19(29-21(35)16-43-13-12-41-11-8-27)24(37)33-32-23(36)18(14-20(28)34)30-26(40)31-22(25(38)39)17(3)44-10-7-5-2/h17-19,22H,4-16,27H2,1-3H3,(H2,28,34)(H,29,35)(H,32,36)(H,33,37)(H,38,39)(H2,30,31,40)/t17?,18-,19-,22-/m0/s1. The van der Waals surface area contributed by atoms with E-state index in [0.717, 1.165) is 12.8 Å². The van der Waals surface area contributed by atoms with Gasteiger partial charge in [-0.05, 0) is 19.8 Å². The number of carbonyl (C=O) groups is 6. The Labute approximate surface area is 256 Å². The maximum Gasteiger partial charge on any atom is 0.328 e. The predicted octanol–water partition coefficient (Wildman–Crippen LogP) is -2.37. The summed E-state index contributed by atoms with van der Waals surface area (Å²) in [5.74, 6) is -4.91. The first-order chi connectivity index (χ1) is 21.0. The number of carboxylic acid groups (broad SMARTS) is 1. The van der Waals surface area contributed by atoms with Crippen molar-refractivity contribution >= 4 is 35.6 Å². The molecule has 0 bridgehead atoms. The van der Waals surface area contributed by atoms with E-state index < -0.39 is 66.3 Å². The third kappa shape index (κ3) is 19.6. The fourth-order valence-electron chi connectivity index (χ4n) is 3.27. The van der Waals surface area contributed by atoms with Crippen molar-refractivity contribution in [3.63, 3.8) is 0 Å². The summed E-state index contributed by atoms with van der Waals surface area (Å²) in [6.45, 7) is 6.35. The third-order valence-corrected chi connectivity index (χ3v) is 5.68. The summed E-state index contributed by atoms with van der Waals surface area (Å²) in [6.07, 6.45) is 1.46. The number of unbranched alkanes of at least 4 members (excludes halogenated alkanes) is 2. The average Bonchev–Trinajstić information content (AvgIpc) is 2.97. The van der Waals surface area contributed by atoms with E-state index >= 15 is 0 Å². The van der Waals surface area contributed by atoms with Crippen molar-refractivity contribution in [1.29, 1.82) is 0 Å². The number of hydrazine groups is 1. The molecule has 44 heavy (non-hydrogen) atoms. The Morgan fingerprint density at radius 1 is 0.773 bits per heavy atom. The maximum absolute atomic E-state index is 12.8. The van der Waals surface area contributed by atoms with E-state index in [2.05, 4.69) is 26.8 Å². The van der Waals surface area contributed by atoms with Crippen LogP contribution in [0.4, 0.5) is 4.79 Å². The fraction of sp³-hybridized carbons (Fsp3) is 0.769. The highest BCUT2D eigenvalue weighted by atomic mass is 16.5. The summed E-state index contributed by atoms with van der Waals surface area (Å²) in [6, 6.07) is -5.40. The van der Waals surface area contributed by atoms with Gasteiger partial charge in [0.05, 0.1) is 39.0 Å². The monoisotopic (exact) mass is 635 g/mol. The number of primary amides is 1. The van der Waals surface area contributed by atoms with Crippen LogP contribution in [0.15, 0.2) is 0 Å². The Hall–Kier alpha value is -3.58. The number of carboxylic acids is 1. The maximum atomic E-state index is 12.8. The van der Waals surface area contributed by atoms with Crippen LogP contribution in [-0.2, 0) is 42.9 Å². The number of aliphatic carboxylic acids is 1. The van der Waals surface area contributed by atoms with Crippen molar-refractivity contribution in [2.24, 2.45) is 11.5 Å². The number of nitrogens with one attached hydrogen (secondary N) is 5. The molecule has 0 spiro atoms. The summed E-state index contributed by atoms with van der Waals surface area (Å²) < 4.78 is 21.2. The normalized spacial score (nSPS) is 13.5. The van der Waals surface area contributed by atoms with Crippen LogP contribution in [-0.4, -0.2) is 118 Å². The van der Waals surface area contributed by atoms with Crippen LogP contribution in [0.25, 0.3) is 0 Å². The average molecular weight is 636 g/mol. The van der Waals surface area contributed by atoms with Crippen LogP contribution in [0.5, 0.6) is 0 Å². The first-order valence-corrected chi connectivity index (χ1v) is 14.5. The van der Waals surface area contributed by atoms with Gasteiger partial charge in [-0.3, -0.25) is 30.0 Å². The Morgan fingerprint density at radius 2 is 1.39 bits per heavy atom. The largest absolute Gasteiger partial charge is 0.480 e. The molecule has 0 heterocycles. The molecule has 0 saturated heterocycles. The van der Waals surface area contributed by atoms with E-state index in [0.29, 0.717) is 32.6 Å². The smallest absolute Gasteiger partial charge is 0.328 e. The highest BCUT2D eigenvalue weighted by molar-refractivity contribution is 5.94. The molecule has 1 unspecified atom stereocenters. The number of hydrogen-bond acceptors (Lipinski definition) is 11. The molecule has 0 aliphatic carbocycles. The molecule has 254 valence electrons. The van der Waals surface area contributed by atoms with E-state index in [1.165, 1.54) is 6.92 Å². The van der Waals surface area contributed by atoms with Crippen LogP contribution in [0.1, 0.15) is 52.9 Å². The van der Waals surface area contributed by atoms with E-state index in [9.17, 15) is 33.9 Å². The van der Waals surface area contributed by atoms with Crippen molar-refractivity contribution in [1.82, 2.24) is 26.8 Å². The Balaban J connectivity index is 5.21. The molecule has 0 aromatic heterocycles. The molecule has 4 atom stereocenters. The van der Waals surface area contributed by atoms with E-state index in [1.807, 2.05) is 13.8 Å². The van der Waals surface area contributed by atoms with E-state index in [-0.39, 0.29) is 33.0 Å². The molecule has 0 aliphatic rings. The van der Waals surface area contributed by atoms with Gasteiger partial charge in [0.25, 0.3) is 11.8 Å². The molecule has 0 saturated carbocycles. The second-order valence-electron chi connectivity index (χ2n) is 9.57. The number of urea groups is 1. The highest BCUT2D eigenvalue weighted by Gasteiger charge is 2.30. The number of ether oxygens (including phenoxy) is 4. The topological polar surface area (TPSA) is 272 Å². The first kappa shape index (κ1) is 40.4. The lowest BCUT2D eigenvalue weighted by Crippen LogP contribution is -2.60. The van der Waals surface area contributed by atoms with E-state index in [4.69, 9.17) is 30.4 Å². The van der Waals surface area contributed by atoms with Crippen molar-refractivity contribution < 1.29 is 52.8 Å². The Morgan fingerprint density at radius 3 is 1.98 bits per heavy atom. The molecule has 18 nitrogen and oxygen atoms in total. The molecule has 0 rings (SSSR count). The van der Waals surface area contributed by atoms with Crippen LogP contribution in [0, 0.1) is 0 Å². The van der Waals surface area contributed by atoms with Gasteiger partial charge in [-0.2, -0.15) is 0 Å². The van der Waals surface area contributed by atoms with Gasteiger partial charge in [-0.1, -0.05) is 26.7 Å². The minimum atomic E-state index is -1.60. The quantitative estimate of drug-likeness (QED) is 0.0386. The van der Waals surface area contributed by atoms with Crippen LogP contribution in [0.2, 0.25) is 0 Å². The summed E-state index contributed by atoms with van der Waals surface area (Å²) in [7, 11) is 0. The molecule has 18 heteroatoms. The number of amides is 6. The number of hydrogen-bond donors (Lipinski definition) is 8. The first-order valence-electron chi connectivity index (χ1n) is 14.5. The van der Waals surface area contributed by atoms with Gasteiger partial charge in [0, 0.05) is 19.8 Å². The molecular formula is C26H49N7O11. The van der Waals surface area contributed by atoms with Gasteiger partial charge in [-0.15, -0.1) is 0 Å². The molecule has 10 N–H and O–H groups in total. The molecule has 0 aromatic rings. The van der Waals surface area contributed by atoms with Gasteiger partial charge in [0.2, 0.25) is 11.8 Å². The van der Waals surface area contributed by atoms with Crippen LogP contribution < -0.4 is 38.3 Å². The number of nitrogens with two attached hydrogens (primary N) is 2. The number of rotatable bonds is 25. The number of carbonyl (C=O) groups excluding carboxylic acids is 5. The lowest BCUT2D eigenvalue weighted by atomic mass is 10.1. The van der Waals surface area contributed by atoms with Crippen LogP contribution in [0.3, 0.4) is 0 Å². The summed E-state index contributed by atoms with van der Waals surface area (Å²) >= 11 is 0. The van der Waals surface area contributed by atoms with Crippen molar-refractivity contribution in [3.05, 3.63) is 0 Å². The minimum Gasteiger partial charge on any atom is -0.480 e. The zero-order valence-corrected chi connectivity index (χ0v) is 25.7. The molecule has 6 amide bonds.